The monoisotopic (exact) mass is 232 g/mol. The van der Waals surface area contributed by atoms with Gasteiger partial charge in [-0.1, -0.05) is 32.0 Å². The predicted molar refractivity (Wildman–Crippen MR) is 71.9 cm³/mol. The molecule has 1 aromatic carbocycles. The van der Waals surface area contributed by atoms with Gasteiger partial charge in [0.25, 0.3) is 0 Å². The third-order valence-electron chi connectivity index (χ3n) is 2.59. The van der Waals surface area contributed by atoms with E-state index in [1.54, 1.807) is 6.07 Å². The van der Waals surface area contributed by atoms with Crippen molar-refractivity contribution >= 4 is 17.2 Å². The molecule has 17 heavy (non-hydrogen) atoms. The summed E-state index contributed by atoms with van der Waals surface area (Å²) in [5, 5.41) is 11.0. The van der Waals surface area contributed by atoms with Crippen molar-refractivity contribution in [1.29, 1.82) is 5.41 Å². The summed E-state index contributed by atoms with van der Waals surface area (Å²) in [6, 6.07) is 7.48. The van der Waals surface area contributed by atoms with Crippen LogP contribution < -0.4 is 5.32 Å². The molecule has 3 nitrogen and oxygen atoms in total. The molecule has 3 heteroatoms. The van der Waals surface area contributed by atoms with Crippen LogP contribution in [0.5, 0.6) is 0 Å². The molecule has 0 fully saturated rings. The molecule has 92 valence electrons. The zero-order chi connectivity index (χ0) is 12.8. The summed E-state index contributed by atoms with van der Waals surface area (Å²) in [5.41, 5.74) is 1.62. The Hall–Kier alpha value is -1.64. The van der Waals surface area contributed by atoms with E-state index in [0.29, 0.717) is 11.5 Å². The van der Waals surface area contributed by atoms with Crippen LogP contribution in [0.2, 0.25) is 0 Å². The van der Waals surface area contributed by atoms with E-state index in [-0.39, 0.29) is 11.5 Å². The highest BCUT2D eigenvalue weighted by molar-refractivity contribution is 6.45. The fourth-order valence-electron chi connectivity index (χ4n) is 1.54. The van der Waals surface area contributed by atoms with Gasteiger partial charge in [-0.05, 0) is 18.4 Å². The Kier molecular flexibility index (Phi) is 4.88. The summed E-state index contributed by atoms with van der Waals surface area (Å²) in [4.78, 5) is 11.2. The maximum Gasteiger partial charge on any atom is 0.178 e. The Labute approximate surface area is 103 Å². The van der Waals surface area contributed by atoms with Crippen LogP contribution in [0.4, 0.5) is 5.69 Å². The molecule has 0 saturated carbocycles. The molecule has 0 heterocycles. The second-order valence-corrected chi connectivity index (χ2v) is 4.59. The van der Waals surface area contributed by atoms with Gasteiger partial charge in [-0.3, -0.25) is 10.2 Å². The van der Waals surface area contributed by atoms with Crippen molar-refractivity contribution in [1.82, 2.24) is 0 Å². The molecule has 0 saturated heterocycles. The molecule has 0 aliphatic rings. The molecule has 1 aromatic rings. The molecule has 0 aliphatic carbocycles. The van der Waals surface area contributed by atoms with Gasteiger partial charge in [-0.2, -0.15) is 0 Å². The van der Waals surface area contributed by atoms with Gasteiger partial charge >= 0.3 is 0 Å². The van der Waals surface area contributed by atoms with Crippen molar-refractivity contribution in [3.63, 3.8) is 0 Å². The Balaban J connectivity index is 2.78. The molecule has 0 aliphatic heterocycles. The van der Waals surface area contributed by atoms with Crippen LogP contribution in [0, 0.1) is 11.3 Å². The van der Waals surface area contributed by atoms with Crippen LogP contribution in [0.15, 0.2) is 24.3 Å². The van der Waals surface area contributed by atoms with Gasteiger partial charge in [0, 0.05) is 24.7 Å². The summed E-state index contributed by atoms with van der Waals surface area (Å²) in [5.74, 6) is 0.435. The van der Waals surface area contributed by atoms with Crippen molar-refractivity contribution < 1.29 is 4.79 Å². The fraction of sp³-hybridized carbons (Fsp3) is 0.429. The summed E-state index contributed by atoms with van der Waals surface area (Å²) >= 11 is 0. The summed E-state index contributed by atoms with van der Waals surface area (Å²) in [7, 11) is 0. The minimum Gasteiger partial charge on any atom is -0.384 e. The van der Waals surface area contributed by atoms with Crippen LogP contribution in [0.3, 0.4) is 0 Å². The first-order chi connectivity index (χ1) is 8.02. The highest BCUT2D eigenvalue weighted by Crippen LogP contribution is 2.16. The quantitative estimate of drug-likeness (QED) is 0.740. The number of hydrogen-bond donors (Lipinski definition) is 2. The van der Waals surface area contributed by atoms with E-state index in [0.717, 1.165) is 18.7 Å². The Morgan fingerprint density at radius 3 is 2.59 bits per heavy atom. The number of carbonyl (C=O) groups excluding carboxylic acids is 1. The van der Waals surface area contributed by atoms with Crippen LogP contribution in [-0.4, -0.2) is 18.0 Å². The lowest BCUT2D eigenvalue weighted by Gasteiger charge is -2.12. The molecule has 0 spiro atoms. The molecule has 0 amide bonds. The largest absolute Gasteiger partial charge is 0.384 e. The van der Waals surface area contributed by atoms with Crippen molar-refractivity contribution in [3.05, 3.63) is 29.8 Å². The Bertz CT molecular complexity index is 410. The number of benzene rings is 1. The van der Waals surface area contributed by atoms with Gasteiger partial charge in [0.2, 0.25) is 0 Å². The number of rotatable bonds is 6. The maximum atomic E-state index is 11.2. The number of hydrogen-bond acceptors (Lipinski definition) is 3. The van der Waals surface area contributed by atoms with E-state index in [1.807, 2.05) is 18.2 Å². The number of carbonyl (C=O) groups is 1. The molecular formula is C14H20N2O. The number of nitrogens with one attached hydrogen (secondary N) is 2. The summed E-state index contributed by atoms with van der Waals surface area (Å²) in [6.45, 7) is 6.63. The Morgan fingerprint density at radius 2 is 2.00 bits per heavy atom. The smallest absolute Gasteiger partial charge is 0.178 e. The average molecular weight is 232 g/mol. The van der Waals surface area contributed by atoms with E-state index >= 15 is 0 Å². The van der Waals surface area contributed by atoms with Gasteiger partial charge < -0.3 is 5.32 Å². The van der Waals surface area contributed by atoms with Crippen LogP contribution in [0.1, 0.15) is 32.8 Å². The van der Waals surface area contributed by atoms with Crippen molar-refractivity contribution in [2.45, 2.75) is 27.2 Å². The second kappa shape index (κ2) is 6.18. The van der Waals surface area contributed by atoms with Crippen LogP contribution in [-0.2, 0) is 4.79 Å². The third-order valence-corrected chi connectivity index (χ3v) is 2.59. The topological polar surface area (TPSA) is 53.0 Å². The van der Waals surface area contributed by atoms with E-state index < -0.39 is 0 Å². The van der Waals surface area contributed by atoms with Crippen molar-refractivity contribution in [3.8, 4) is 0 Å². The standard InChI is InChI=1S/C14H20N2O/c1-10(2)8-9-16-13-7-5-4-6-12(13)14(15)11(3)17/h4-7,10,15-16H,8-9H2,1-3H3. The number of Topliss-reactive ketones (excluding diaryl/α,β-unsaturated/α-hetero) is 1. The zero-order valence-corrected chi connectivity index (χ0v) is 10.7. The molecular weight excluding hydrogens is 212 g/mol. The first-order valence-electron chi connectivity index (χ1n) is 5.95. The lowest BCUT2D eigenvalue weighted by Crippen LogP contribution is -2.14. The van der Waals surface area contributed by atoms with Gasteiger partial charge in [0.1, 0.15) is 5.71 Å². The molecule has 0 radical (unpaired) electrons. The third kappa shape index (κ3) is 4.02. The van der Waals surface area contributed by atoms with Crippen molar-refractivity contribution in [2.75, 3.05) is 11.9 Å². The fourth-order valence-corrected chi connectivity index (χ4v) is 1.54. The minimum atomic E-state index is -0.205. The first kappa shape index (κ1) is 13.4. The van der Waals surface area contributed by atoms with Crippen molar-refractivity contribution in [2.24, 2.45) is 5.92 Å². The van der Waals surface area contributed by atoms with Crippen LogP contribution in [0.25, 0.3) is 0 Å². The number of para-hydroxylation sites is 1. The van der Waals surface area contributed by atoms with E-state index in [9.17, 15) is 4.79 Å². The van der Waals surface area contributed by atoms with Gasteiger partial charge in [-0.15, -0.1) is 0 Å². The lowest BCUT2D eigenvalue weighted by atomic mass is 10.0. The predicted octanol–water partition coefficient (Wildman–Crippen LogP) is 3.10. The van der Waals surface area contributed by atoms with Gasteiger partial charge in [0.15, 0.2) is 5.78 Å². The highest BCUT2D eigenvalue weighted by Gasteiger charge is 2.10. The van der Waals surface area contributed by atoms with E-state index in [2.05, 4.69) is 19.2 Å². The van der Waals surface area contributed by atoms with Gasteiger partial charge in [0.05, 0.1) is 0 Å². The number of ketones is 1. The summed E-state index contributed by atoms with van der Waals surface area (Å²) < 4.78 is 0. The lowest BCUT2D eigenvalue weighted by molar-refractivity contribution is -0.111. The maximum absolute atomic E-state index is 11.2. The minimum absolute atomic E-state index is 0.0673. The molecule has 0 atom stereocenters. The second-order valence-electron chi connectivity index (χ2n) is 4.59. The summed E-state index contributed by atoms with van der Waals surface area (Å²) in [6.07, 6.45) is 1.07. The SMILES string of the molecule is CC(=O)C(=N)c1ccccc1NCCC(C)C. The zero-order valence-electron chi connectivity index (χ0n) is 10.7. The van der Waals surface area contributed by atoms with Gasteiger partial charge in [-0.25, -0.2) is 0 Å². The van der Waals surface area contributed by atoms with E-state index in [4.69, 9.17) is 5.41 Å². The normalized spacial score (nSPS) is 10.4. The van der Waals surface area contributed by atoms with E-state index in [1.165, 1.54) is 6.92 Å². The Morgan fingerprint density at radius 1 is 1.35 bits per heavy atom. The first-order valence-corrected chi connectivity index (χ1v) is 5.95. The molecule has 1 rings (SSSR count). The molecule has 0 bridgehead atoms. The highest BCUT2D eigenvalue weighted by atomic mass is 16.1. The van der Waals surface area contributed by atoms with Crippen LogP contribution >= 0.6 is 0 Å². The molecule has 0 aromatic heterocycles. The molecule has 2 N–H and O–H groups in total. The number of anilines is 1. The average Bonchev–Trinajstić information content (AvgIpc) is 2.28. The molecule has 0 unspecified atom stereocenters.